The van der Waals surface area contributed by atoms with E-state index in [1.165, 1.54) is 12.8 Å². The second-order valence-corrected chi connectivity index (χ2v) is 5.70. The molecule has 5 nitrogen and oxygen atoms in total. The van der Waals surface area contributed by atoms with E-state index in [4.69, 9.17) is 0 Å². The lowest BCUT2D eigenvalue weighted by Gasteiger charge is -2.11. The first-order chi connectivity index (χ1) is 8.19. The van der Waals surface area contributed by atoms with Gasteiger partial charge in [0.1, 0.15) is 5.82 Å². The van der Waals surface area contributed by atoms with Crippen molar-refractivity contribution in [1.29, 1.82) is 0 Å². The SMILES string of the molecule is CCCc1nc(C(=O)NCC2(SC)CC2)n[nH]1. The molecule has 0 bridgehead atoms. The van der Waals surface area contributed by atoms with E-state index in [-0.39, 0.29) is 16.5 Å². The summed E-state index contributed by atoms with van der Waals surface area (Å²) >= 11 is 1.83. The zero-order valence-corrected chi connectivity index (χ0v) is 11.1. The second-order valence-electron chi connectivity index (χ2n) is 4.43. The molecule has 0 unspecified atom stereocenters. The average Bonchev–Trinajstić information content (AvgIpc) is 2.98. The summed E-state index contributed by atoms with van der Waals surface area (Å²) in [6.07, 6.45) is 6.28. The first kappa shape index (κ1) is 12.4. The number of aryl methyl sites for hydroxylation is 1. The van der Waals surface area contributed by atoms with Gasteiger partial charge in [-0.05, 0) is 25.5 Å². The molecule has 1 aromatic heterocycles. The van der Waals surface area contributed by atoms with Crippen LogP contribution >= 0.6 is 11.8 Å². The number of aromatic amines is 1. The Morgan fingerprint density at radius 3 is 2.94 bits per heavy atom. The molecular weight excluding hydrogens is 236 g/mol. The van der Waals surface area contributed by atoms with Gasteiger partial charge in [-0.1, -0.05) is 6.92 Å². The van der Waals surface area contributed by atoms with Gasteiger partial charge in [0, 0.05) is 17.7 Å². The van der Waals surface area contributed by atoms with Crippen LogP contribution in [0.5, 0.6) is 0 Å². The average molecular weight is 254 g/mol. The molecule has 1 aromatic rings. The molecule has 1 aliphatic carbocycles. The third kappa shape index (κ3) is 3.00. The number of carbonyl (C=O) groups is 1. The van der Waals surface area contributed by atoms with E-state index >= 15 is 0 Å². The third-order valence-corrected chi connectivity index (χ3v) is 4.45. The first-order valence-corrected chi connectivity index (χ1v) is 7.16. The molecule has 0 spiro atoms. The number of thioether (sulfide) groups is 1. The molecule has 1 fully saturated rings. The number of hydrogen-bond donors (Lipinski definition) is 2. The van der Waals surface area contributed by atoms with Crippen molar-refractivity contribution >= 4 is 17.7 Å². The molecular formula is C11H18N4OS. The Bertz CT molecular complexity index is 400. The van der Waals surface area contributed by atoms with Crippen molar-refractivity contribution in [3.63, 3.8) is 0 Å². The van der Waals surface area contributed by atoms with Crippen LogP contribution < -0.4 is 5.32 Å². The molecule has 2 rings (SSSR count). The number of nitrogens with one attached hydrogen (secondary N) is 2. The number of amides is 1. The normalized spacial score (nSPS) is 16.8. The van der Waals surface area contributed by atoms with E-state index in [9.17, 15) is 4.79 Å². The smallest absolute Gasteiger partial charge is 0.291 e. The molecule has 17 heavy (non-hydrogen) atoms. The fourth-order valence-electron chi connectivity index (χ4n) is 1.66. The number of hydrogen-bond acceptors (Lipinski definition) is 4. The minimum Gasteiger partial charge on any atom is -0.348 e. The van der Waals surface area contributed by atoms with Gasteiger partial charge >= 0.3 is 0 Å². The zero-order chi connectivity index (χ0) is 12.3. The molecule has 1 aliphatic rings. The Morgan fingerprint density at radius 2 is 2.35 bits per heavy atom. The Morgan fingerprint density at radius 1 is 1.59 bits per heavy atom. The van der Waals surface area contributed by atoms with E-state index in [2.05, 4.69) is 33.7 Å². The molecule has 0 saturated heterocycles. The van der Waals surface area contributed by atoms with Crippen LogP contribution in [0.2, 0.25) is 0 Å². The molecule has 2 N–H and O–H groups in total. The molecule has 1 saturated carbocycles. The highest BCUT2D eigenvalue weighted by Gasteiger charge is 2.42. The maximum atomic E-state index is 11.8. The molecule has 0 aromatic carbocycles. The van der Waals surface area contributed by atoms with Gasteiger partial charge in [0.15, 0.2) is 0 Å². The molecule has 1 amide bonds. The molecule has 6 heteroatoms. The number of aromatic nitrogens is 3. The van der Waals surface area contributed by atoms with Crippen molar-refractivity contribution in [2.75, 3.05) is 12.8 Å². The minimum atomic E-state index is -0.177. The van der Waals surface area contributed by atoms with Gasteiger partial charge in [0.05, 0.1) is 0 Å². The lowest BCUT2D eigenvalue weighted by Crippen LogP contribution is -2.32. The predicted molar refractivity (Wildman–Crippen MR) is 68.2 cm³/mol. The second kappa shape index (κ2) is 5.08. The summed E-state index contributed by atoms with van der Waals surface area (Å²) in [5, 5.41) is 9.62. The van der Waals surface area contributed by atoms with Gasteiger partial charge < -0.3 is 5.32 Å². The van der Waals surface area contributed by atoms with E-state index in [0.29, 0.717) is 6.54 Å². The standard InChI is InChI=1S/C11H18N4OS/c1-3-4-8-13-9(15-14-8)10(16)12-7-11(17-2)5-6-11/h3-7H2,1-2H3,(H,12,16)(H,13,14,15). The van der Waals surface area contributed by atoms with E-state index < -0.39 is 0 Å². The Hall–Kier alpha value is -1.04. The predicted octanol–water partition coefficient (Wildman–Crippen LogP) is 1.38. The van der Waals surface area contributed by atoms with E-state index in [1.807, 2.05) is 11.8 Å². The van der Waals surface area contributed by atoms with Crippen LogP contribution in [0.4, 0.5) is 0 Å². The van der Waals surface area contributed by atoms with Crippen LogP contribution in [0, 0.1) is 0 Å². The van der Waals surface area contributed by atoms with Crippen molar-refractivity contribution in [2.45, 2.75) is 37.4 Å². The molecule has 1 heterocycles. The Kier molecular flexibility index (Phi) is 3.71. The quantitative estimate of drug-likeness (QED) is 0.804. The summed E-state index contributed by atoms with van der Waals surface area (Å²) in [7, 11) is 0. The summed E-state index contributed by atoms with van der Waals surface area (Å²) in [5.41, 5.74) is 0. The highest BCUT2D eigenvalue weighted by Crippen LogP contribution is 2.46. The summed E-state index contributed by atoms with van der Waals surface area (Å²) in [6, 6.07) is 0. The molecule has 0 atom stereocenters. The van der Waals surface area contributed by atoms with Crippen molar-refractivity contribution in [3.05, 3.63) is 11.6 Å². The summed E-state index contributed by atoms with van der Waals surface area (Å²) in [5.74, 6) is 0.859. The first-order valence-electron chi connectivity index (χ1n) is 5.94. The highest BCUT2D eigenvalue weighted by molar-refractivity contribution is 8.00. The molecule has 0 aliphatic heterocycles. The van der Waals surface area contributed by atoms with Crippen LogP contribution in [0.15, 0.2) is 0 Å². The minimum absolute atomic E-state index is 0.177. The number of carbonyl (C=O) groups excluding carboxylic acids is 1. The number of nitrogens with zero attached hydrogens (tertiary/aromatic N) is 2. The fourth-order valence-corrected chi connectivity index (χ4v) is 2.39. The van der Waals surface area contributed by atoms with Crippen LogP contribution in [-0.2, 0) is 6.42 Å². The van der Waals surface area contributed by atoms with Gasteiger partial charge in [-0.2, -0.15) is 11.8 Å². The maximum absolute atomic E-state index is 11.8. The lowest BCUT2D eigenvalue weighted by atomic mass is 10.3. The van der Waals surface area contributed by atoms with Gasteiger partial charge in [-0.15, -0.1) is 5.10 Å². The topological polar surface area (TPSA) is 70.7 Å². The largest absolute Gasteiger partial charge is 0.348 e. The maximum Gasteiger partial charge on any atom is 0.291 e. The van der Waals surface area contributed by atoms with E-state index in [1.54, 1.807) is 0 Å². The monoisotopic (exact) mass is 254 g/mol. The van der Waals surface area contributed by atoms with Gasteiger partial charge in [0.2, 0.25) is 5.82 Å². The van der Waals surface area contributed by atoms with Crippen molar-refractivity contribution in [3.8, 4) is 0 Å². The van der Waals surface area contributed by atoms with Crippen molar-refractivity contribution in [2.24, 2.45) is 0 Å². The van der Waals surface area contributed by atoms with Crippen molar-refractivity contribution in [1.82, 2.24) is 20.5 Å². The van der Waals surface area contributed by atoms with Crippen LogP contribution in [-0.4, -0.2) is 38.6 Å². The third-order valence-electron chi connectivity index (χ3n) is 3.03. The van der Waals surface area contributed by atoms with Gasteiger partial charge in [0.25, 0.3) is 5.91 Å². The lowest BCUT2D eigenvalue weighted by molar-refractivity contribution is 0.0943. The summed E-state index contributed by atoms with van der Waals surface area (Å²) < 4.78 is 0.276. The van der Waals surface area contributed by atoms with Crippen LogP contribution in [0.3, 0.4) is 0 Å². The number of rotatable bonds is 6. The van der Waals surface area contributed by atoms with Crippen LogP contribution in [0.1, 0.15) is 42.6 Å². The number of H-pyrrole nitrogens is 1. The van der Waals surface area contributed by atoms with Crippen molar-refractivity contribution < 1.29 is 4.79 Å². The Balaban J connectivity index is 1.86. The van der Waals surface area contributed by atoms with Gasteiger partial charge in [-0.25, -0.2) is 4.98 Å². The van der Waals surface area contributed by atoms with Crippen LogP contribution in [0.25, 0.3) is 0 Å². The molecule has 0 radical (unpaired) electrons. The summed E-state index contributed by atoms with van der Waals surface area (Å²) in [4.78, 5) is 15.9. The summed E-state index contributed by atoms with van der Waals surface area (Å²) in [6.45, 7) is 2.78. The Labute approximate surface area is 105 Å². The zero-order valence-electron chi connectivity index (χ0n) is 10.2. The fraction of sp³-hybridized carbons (Fsp3) is 0.727. The highest BCUT2D eigenvalue weighted by atomic mass is 32.2. The van der Waals surface area contributed by atoms with Gasteiger partial charge in [-0.3, -0.25) is 9.89 Å². The van der Waals surface area contributed by atoms with E-state index in [0.717, 1.165) is 18.7 Å². The molecule has 94 valence electrons.